The van der Waals surface area contributed by atoms with Crippen molar-refractivity contribution in [3.8, 4) is 0 Å². The predicted molar refractivity (Wildman–Crippen MR) is 61.5 cm³/mol. The number of nitrogens with zero attached hydrogens (tertiary/aromatic N) is 2. The molecule has 0 spiro atoms. The number of aliphatic carboxylic acids is 1. The van der Waals surface area contributed by atoms with Crippen molar-refractivity contribution in [1.29, 1.82) is 0 Å². The van der Waals surface area contributed by atoms with E-state index in [1.54, 1.807) is 0 Å². The maximum atomic E-state index is 13.2. The standard InChI is InChI=1S/C9H10FN3O4S/c10-4-2-13(9(16)12-8(4)11)5-3-18-7(17-5)1-6(14)15/h2,5,7H,1,3H2,(H,14,15)(H2,11,12,16)/t5-,7-/m0/s1. The largest absolute Gasteiger partial charge is 0.481 e. The minimum Gasteiger partial charge on any atom is -0.481 e. The van der Waals surface area contributed by atoms with Gasteiger partial charge >= 0.3 is 11.7 Å². The van der Waals surface area contributed by atoms with Crippen LogP contribution in [0.15, 0.2) is 11.0 Å². The molecule has 2 atom stereocenters. The summed E-state index contributed by atoms with van der Waals surface area (Å²) in [6.45, 7) is 0. The zero-order valence-electron chi connectivity index (χ0n) is 9.08. The van der Waals surface area contributed by atoms with Gasteiger partial charge < -0.3 is 15.6 Å². The number of nitrogen functional groups attached to an aromatic ring is 1. The highest BCUT2D eigenvalue weighted by atomic mass is 32.2. The molecule has 0 radical (unpaired) electrons. The first-order chi connectivity index (χ1) is 8.47. The summed E-state index contributed by atoms with van der Waals surface area (Å²) in [4.78, 5) is 25.3. The lowest BCUT2D eigenvalue weighted by Gasteiger charge is -2.13. The summed E-state index contributed by atoms with van der Waals surface area (Å²) in [5, 5.41) is 8.62. The number of halogens is 1. The van der Waals surface area contributed by atoms with Gasteiger partial charge in [-0.2, -0.15) is 4.98 Å². The van der Waals surface area contributed by atoms with Crippen molar-refractivity contribution < 1.29 is 19.0 Å². The monoisotopic (exact) mass is 275 g/mol. The Balaban J connectivity index is 2.17. The van der Waals surface area contributed by atoms with Crippen LogP contribution in [0.4, 0.5) is 10.2 Å². The van der Waals surface area contributed by atoms with Crippen LogP contribution >= 0.6 is 11.8 Å². The summed E-state index contributed by atoms with van der Waals surface area (Å²) >= 11 is 1.25. The van der Waals surface area contributed by atoms with E-state index in [4.69, 9.17) is 15.6 Å². The van der Waals surface area contributed by atoms with E-state index in [9.17, 15) is 14.0 Å². The fraction of sp³-hybridized carbons (Fsp3) is 0.444. The number of carboxylic acid groups (broad SMARTS) is 1. The summed E-state index contributed by atoms with van der Waals surface area (Å²) in [7, 11) is 0. The van der Waals surface area contributed by atoms with E-state index >= 15 is 0 Å². The number of rotatable bonds is 3. The first-order valence-corrected chi connectivity index (χ1v) is 6.05. The van der Waals surface area contributed by atoms with Gasteiger partial charge in [-0.05, 0) is 0 Å². The van der Waals surface area contributed by atoms with Gasteiger partial charge in [0.05, 0.1) is 12.6 Å². The molecular formula is C9H10FN3O4S. The van der Waals surface area contributed by atoms with E-state index in [1.807, 2.05) is 0 Å². The Morgan fingerprint density at radius 1 is 1.78 bits per heavy atom. The van der Waals surface area contributed by atoms with E-state index in [-0.39, 0.29) is 6.42 Å². The molecule has 0 unspecified atom stereocenters. The summed E-state index contributed by atoms with van der Waals surface area (Å²) in [5.41, 5.74) is 3.88. The smallest absolute Gasteiger partial charge is 0.351 e. The van der Waals surface area contributed by atoms with Crippen molar-refractivity contribution in [1.82, 2.24) is 9.55 Å². The number of hydrogen-bond donors (Lipinski definition) is 2. The Morgan fingerprint density at radius 3 is 3.17 bits per heavy atom. The van der Waals surface area contributed by atoms with Crippen molar-refractivity contribution in [2.75, 3.05) is 11.5 Å². The summed E-state index contributed by atoms with van der Waals surface area (Å²) in [5.74, 6) is -1.93. The molecule has 1 fully saturated rings. The van der Waals surface area contributed by atoms with E-state index in [0.29, 0.717) is 5.75 Å². The Hall–Kier alpha value is -1.61. The highest BCUT2D eigenvalue weighted by Gasteiger charge is 2.30. The number of aromatic nitrogens is 2. The van der Waals surface area contributed by atoms with Crippen molar-refractivity contribution in [2.24, 2.45) is 0 Å². The number of nitrogens with two attached hydrogens (primary N) is 1. The van der Waals surface area contributed by atoms with Crippen molar-refractivity contribution >= 4 is 23.5 Å². The van der Waals surface area contributed by atoms with E-state index in [0.717, 1.165) is 10.8 Å². The molecule has 1 aliphatic heterocycles. The molecule has 18 heavy (non-hydrogen) atoms. The van der Waals surface area contributed by atoms with Gasteiger partial charge in [0, 0.05) is 5.75 Å². The Morgan fingerprint density at radius 2 is 2.50 bits per heavy atom. The van der Waals surface area contributed by atoms with Crippen molar-refractivity contribution in [2.45, 2.75) is 18.1 Å². The molecule has 2 heterocycles. The SMILES string of the molecule is Nc1nc(=O)n([C@@H]2CS[C@@H](CC(=O)O)O2)cc1F. The molecule has 1 saturated heterocycles. The molecular weight excluding hydrogens is 265 g/mol. The predicted octanol–water partition coefficient (Wildman–Crippen LogP) is 0.0274. The van der Waals surface area contributed by atoms with E-state index in [1.165, 1.54) is 11.8 Å². The van der Waals surface area contributed by atoms with Crippen LogP contribution in [-0.2, 0) is 9.53 Å². The van der Waals surface area contributed by atoms with E-state index in [2.05, 4.69) is 4.98 Å². The van der Waals surface area contributed by atoms with Crippen molar-refractivity contribution in [3.05, 3.63) is 22.5 Å². The highest BCUT2D eigenvalue weighted by Crippen LogP contribution is 2.32. The maximum Gasteiger partial charge on any atom is 0.351 e. The Labute approximate surface area is 105 Å². The van der Waals surface area contributed by atoms with Gasteiger partial charge in [-0.3, -0.25) is 9.36 Å². The van der Waals surface area contributed by atoms with Crippen LogP contribution in [0.5, 0.6) is 0 Å². The lowest BCUT2D eigenvalue weighted by molar-refractivity contribution is -0.139. The molecule has 1 aromatic rings. The highest BCUT2D eigenvalue weighted by molar-refractivity contribution is 8.00. The van der Waals surface area contributed by atoms with Gasteiger partial charge in [-0.1, -0.05) is 0 Å². The second-order valence-corrected chi connectivity index (χ2v) is 4.81. The molecule has 1 aromatic heterocycles. The third-order valence-corrected chi connectivity index (χ3v) is 3.45. The van der Waals surface area contributed by atoms with E-state index < -0.39 is 35.0 Å². The summed E-state index contributed by atoms with van der Waals surface area (Å²) < 4.78 is 19.5. The van der Waals surface area contributed by atoms with Crippen LogP contribution in [0.1, 0.15) is 12.6 Å². The molecule has 98 valence electrons. The minimum atomic E-state index is -0.998. The summed E-state index contributed by atoms with van der Waals surface area (Å²) in [6.07, 6.45) is 0.00859. The van der Waals surface area contributed by atoms with Crippen LogP contribution in [0, 0.1) is 5.82 Å². The zero-order valence-corrected chi connectivity index (χ0v) is 9.89. The summed E-state index contributed by atoms with van der Waals surface area (Å²) in [6, 6.07) is 0. The quantitative estimate of drug-likeness (QED) is 0.801. The van der Waals surface area contributed by atoms with Crippen molar-refractivity contribution in [3.63, 3.8) is 0 Å². The molecule has 0 amide bonds. The third-order valence-electron chi connectivity index (χ3n) is 2.32. The Bertz CT molecular complexity index is 535. The molecule has 0 saturated carbocycles. The fourth-order valence-electron chi connectivity index (χ4n) is 1.50. The molecule has 3 N–H and O–H groups in total. The van der Waals surface area contributed by atoms with Crippen LogP contribution in [-0.4, -0.2) is 31.8 Å². The number of carbonyl (C=O) groups is 1. The third kappa shape index (κ3) is 2.62. The molecule has 2 rings (SSSR count). The lowest BCUT2D eigenvalue weighted by atomic mass is 10.4. The molecule has 0 aliphatic carbocycles. The van der Waals surface area contributed by atoms with Crippen LogP contribution in [0.2, 0.25) is 0 Å². The molecule has 0 aromatic carbocycles. The van der Waals surface area contributed by atoms with Crippen LogP contribution in [0.25, 0.3) is 0 Å². The normalized spacial score (nSPS) is 23.2. The van der Waals surface area contributed by atoms with Gasteiger partial charge in [-0.25, -0.2) is 9.18 Å². The average Bonchev–Trinajstić information content (AvgIpc) is 2.70. The fourth-order valence-corrected chi connectivity index (χ4v) is 2.59. The number of ether oxygens (including phenoxy) is 1. The lowest BCUT2D eigenvalue weighted by Crippen LogP contribution is -2.29. The van der Waals surface area contributed by atoms with Gasteiger partial charge in [0.15, 0.2) is 11.6 Å². The molecule has 7 nitrogen and oxygen atoms in total. The second kappa shape index (κ2) is 4.94. The van der Waals surface area contributed by atoms with Gasteiger partial charge in [0.25, 0.3) is 0 Å². The zero-order chi connectivity index (χ0) is 13.3. The second-order valence-electron chi connectivity index (χ2n) is 3.62. The van der Waals surface area contributed by atoms with Gasteiger partial charge in [0.2, 0.25) is 0 Å². The molecule has 9 heteroatoms. The van der Waals surface area contributed by atoms with Crippen LogP contribution in [0.3, 0.4) is 0 Å². The number of thioether (sulfide) groups is 1. The molecule has 0 bridgehead atoms. The number of hydrogen-bond acceptors (Lipinski definition) is 6. The number of carboxylic acids is 1. The average molecular weight is 275 g/mol. The minimum absolute atomic E-state index is 0.180. The Kier molecular flexibility index (Phi) is 3.53. The van der Waals surface area contributed by atoms with Crippen LogP contribution < -0.4 is 11.4 Å². The number of anilines is 1. The maximum absolute atomic E-state index is 13.2. The van der Waals surface area contributed by atoms with Gasteiger partial charge in [-0.15, -0.1) is 11.8 Å². The first-order valence-electron chi connectivity index (χ1n) is 5.00. The van der Waals surface area contributed by atoms with Gasteiger partial charge in [0.1, 0.15) is 11.7 Å². The topological polar surface area (TPSA) is 107 Å². The first kappa shape index (κ1) is 12.8. The molecule has 1 aliphatic rings.